The summed E-state index contributed by atoms with van der Waals surface area (Å²) in [5.41, 5.74) is 2.71. The minimum atomic E-state index is -0.631. The molecule has 0 amide bonds. The van der Waals surface area contributed by atoms with Gasteiger partial charge >= 0.3 is 0 Å². The summed E-state index contributed by atoms with van der Waals surface area (Å²) < 4.78 is 33.2. The second-order valence-corrected chi connectivity index (χ2v) is 8.45. The normalized spacial score (nSPS) is 16.5. The van der Waals surface area contributed by atoms with Gasteiger partial charge in [0.2, 0.25) is 5.90 Å². The van der Waals surface area contributed by atoms with E-state index in [0.717, 1.165) is 12.6 Å². The van der Waals surface area contributed by atoms with Crippen molar-refractivity contribution in [3.05, 3.63) is 81.5 Å². The number of hydrogen-bond acceptors (Lipinski definition) is 4. The lowest BCUT2D eigenvalue weighted by Gasteiger charge is -2.30. The van der Waals surface area contributed by atoms with E-state index < -0.39 is 11.6 Å². The number of benzene rings is 2. The molecule has 2 aromatic carbocycles. The van der Waals surface area contributed by atoms with E-state index in [-0.39, 0.29) is 18.3 Å². The molecule has 3 rings (SSSR count). The van der Waals surface area contributed by atoms with E-state index in [0.29, 0.717) is 23.0 Å². The number of ether oxygens (including phenoxy) is 1. The molecule has 160 valence electrons. The van der Waals surface area contributed by atoms with Gasteiger partial charge in [-0.3, -0.25) is 0 Å². The lowest BCUT2D eigenvalue weighted by atomic mass is 10.1. The van der Waals surface area contributed by atoms with Gasteiger partial charge in [-0.15, -0.1) is 0 Å². The summed E-state index contributed by atoms with van der Waals surface area (Å²) >= 11 is 3.49. The van der Waals surface area contributed by atoms with E-state index in [9.17, 15) is 8.78 Å². The van der Waals surface area contributed by atoms with Gasteiger partial charge in [-0.1, -0.05) is 38.1 Å². The SMILES string of the molecule is CC(C)NCc1cccc(CN2C=C(Br)C(OCc3ccc(F)cc3F)=NC2C)c1. The Morgan fingerprint density at radius 2 is 1.93 bits per heavy atom. The Balaban J connectivity index is 1.62. The molecule has 1 N–H and O–H groups in total. The van der Waals surface area contributed by atoms with E-state index >= 15 is 0 Å². The molecular formula is C23H26BrF2N3O. The predicted octanol–water partition coefficient (Wildman–Crippen LogP) is 5.48. The van der Waals surface area contributed by atoms with Gasteiger partial charge in [-0.05, 0) is 46.1 Å². The van der Waals surface area contributed by atoms with Crippen LogP contribution in [0, 0.1) is 11.6 Å². The topological polar surface area (TPSA) is 36.9 Å². The molecule has 0 spiro atoms. The second kappa shape index (κ2) is 10.2. The van der Waals surface area contributed by atoms with Crippen molar-refractivity contribution in [3.63, 3.8) is 0 Å². The number of nitrogens with one attached hydrogen (secondary N) is 1. The Morgan fingerprint density at radius 1 is 1.17 bits per heavy atom. The van der Waals surface area contributed by atoms with Crippen LogP contribution in [0.3, 0.4) is 0 Å². The van der Waals surface area contributed by atoms with Gasteiger partial charge < -0.3 is 15.0 Å². The summed E-state index contributed by atoms with van der Waals surface area (Å²) in [5, 5.41) is 3.43. The minimum Gasteiger partial charge on any atom is -0.472 e. The summed E-state index contributed by atoms with van der Waals surface area (Å²) in [6.07, 6.45) is 1.80. The molecule has 0 bridgehead atoms. The zero-order chi connectivity index (χ0) is 21.7. The molecule has 0 saturated heterocycles. The highest BCUT2D eigenvalue weighted by molar-refractivity contribution is 9.12. The first-order valence-corrected chi connectivity index (χ1v) is 10.7. The molecule has 0 saturated carbocycles. The van der Waals surface area contributed by atoms with Gasteiger partial charge in [0.25, 0.3) is 0 Å². The number of aliphatic imine (C=N–C) groups is 1. The van der Waals surface area contributed by atoms with Crippen molar-refractivity contribution < 1.29 is 13.5 Å². The summed E-state index contributed by atoms with van der Waals surface area (Å²) in [7, 11) is 0. The minimum absolute atomic E-state index is 0.0223. The highest BCUT2D eigenvalue weighted by Gasteiger charge is 2.21. The quantitative estimate of drug-likeness (QED) is 0.573. The molecule has 1 aliphatic rings. The van der Waals surface area contributed by atoms with E-state index in [4.69, 9.17) is 4.74 Å². The van der Waals surface area contributed by atoms with Crippen LogP contribution in [0.1, 0.15) is 37.5 Å². The summed E-state index contributed by atoms with van der Waals surface area (Å²) in [6.45, 7) is 7.74. The number of rotatable bonds is 7. The Hall–Kier alpha value is -2.25. The first-order chi connectivity index (χ1) is 14.3. The average molecular weight is 478 g/mol. The average Bonchev–Trinajstić information content (AvgIpc) is 2.69. The van der Waals surface area contributed by atoms with Crippen LogP contribution in [0.5, 0.6) is 0 Å². The third-order valence-electron chi connectivity index (χ3n) is 4.72. The summed E-state index contributed by atoms with van der Waals surface area (Å²) in [4.78, 5) is 6.68. The van der Waals surface area contributed by atoms with Gasteiger partial charge in [-0.25, -0.2) is 13.8 Å². The Kier molecular flexibility index (Phi) is 7.61. The zero-order valence-electron chi connectivity index (χ0n) is 17.3. The maximum Gasteiger partial charge on any atom is 0.227 e. The van der Waals surface area contributed by atoms with E-state index in [1.807, 2.05) is 13.1 Å². The predicted molar refractivity (Wildman–Crippen MR) is 119 cm³/mol. The molecule has 0 aromatic heterocycles. The Morgan fingerprint density at radius 3 is 2.67 bits per heavy atom. The molecule has 4 nitrogen and oxygen atoms in total. The second-order valence-electron chi connectivity index (χ2n) is 7.60. The summed E-state index contributed by atoms with van der Waals surface area (Å²) in [6, 6.07) is 12.3. The molecule has 30 heavy (non-hydrogen) atoms. The van der Waals surface area contributed by atoms with Crippen molar-refractivity contribution in [2.24, 2.45) is 4.99 Å². The Bertz CT molecular complexity index is 946. The van der Waals surface area contributed by atoms with Crippen molar-refractivity contribution >= 4 is 21.8 Å². The van der Waals surface area contributed by atoms with Crippen molar-refractivity contribution in [3.8, 4) is 0 Å². The summed E-state index contributed by atoms with van der Waals surface area (Å²) in [5.74, 6) is -0.842. The molecular weight excluding hydrogens is 452 g/mol. The monoisotopic (exact) mass is 477 g/mol. The number of nitrogens with zero attached hydrogens (tertiary/aromatic N) is 2. The van der Waals surface area contributed by atoms with E-state index in [2.05, 4.69) is 69.3 Å². The standard InChI is InChI=1S/C23H26BrF2N3O/c1-15(2)27-11-17-5-4-6-18(9-17)12-29-13-21(24)23(28-16(29)3)30-14-19-7-8-20(25)10-22(19)26/h4-10,13,15-16,27H,11-12,14H2,1-3H3. The van der Waals surface area contributed by atoms with Gasteiger partial charge in [-0.2, -0.15) is 0 Å². The maximum atomic E-state index is 13.8. The molecule has 0 fully saturated rings. The van der Waals surface area contributed by atoms with E-state index in [1.54, 1.807) is 0 Å². The fourth-order valence-electron chi connectivity index (χ4n) is 3.05. The third kappa shape index (κ3) is 6.12. The molecule has 0 aliphatic carbocycles. The number of halogens is 3. The van der Waals surface area contributed by atoms with Crippen LogP contribution in [0.25, 0.3) is 0 Å². The molecule has 1 heterocycles. The van der Waals surface area contributed by atoms with Gasteiger partial charge in [0.1, 0.15) is 24.4 Å². The number of hydrogen-bond donors (Lipinski definition) is 1. The van der Waals surface area contributed by atoms with Crippen LogP contribution >= 0.6 is 15.9 Å². The Labute approximate surface area is 184 Å². The van der Waals surface area contributed by atoms with Crippen molar-refractivity contribution in [1.29, 1.82) is 0 Å². The molecule has 1 atom stereocenters. The largest absolute Gasteiger partial charge is 0.472 e. The zero-order valence-corrected chi connectivity index (χ0v) is 18.9. The van der Waals surface area contributed by atoms with Gasteiger partial charge in [0, 0.05) is 37.0 Å². The van der Waals surface area contributed by atoms with Crippen LogP contribution in [-0.4, -0.2) is 23.0 Å². The first-order valence-electron chi connectivity index (χ1n) is 9.91. The van der Waals surface area contributed by atoms with Crippen LogP contribution in [0.15, 0.2) is 58.1 Å². The van der Waals surface area contributed by atoms with Crippen LogP contribution < -0.4 is 5.32 Å². The molecule has 2 aromatic rings. The molecule has 1 unspecified atom stereocenters. The van der Waals surface area contributed by atoms with Crippen molar-refractivity contribution in [2.45, 2.75) is 52.7 Å². The smallest absolute Gasteiger partial charge is 0.227 e. The fourth-order valence-corrected chi connectivity index (χ4v) is 3.53. The van der Waals surface area contributed by atoms with Gasteiger partial charge in [0.15, 0.2) is 0 Å². The fraction of sp³-hybridized carbons (Fsp3) is 0.348. The maximum absolute atomic E-state index is 13.8. The van der Waals surface area contributed by atoms with E-state index in [1.165, 1.54) is 23.3 Å². The molecule has 0 radical (unpaired) electrons. The molecule has 1 aliphatic heterocycles. The molecule has 7 heteroatoms. The van der Waals surface area contributed by atoms with Crippen molar-refractivity contribution in [1.82, 2.24) is 10.2 Å². The lowest BCUT2D eigenvalue weighted by molar-refractivity contribution is 0.250. The van der Waals surface area contributed by atoms with Crippen LogP contribution in [0.4, 0.5) is 8.78 Å². The lowest BCUT2D eigenvalue weighted by Crippen LogP contribution is -2.32. The first kappa shape index (κ1) is 22.4. The van der Waals surface area contributed by atoms with Gasteiger partial charge in [0.05, 0.1) is 4.48 Å². The van der Waals surface area contributed by atoms with Crippen LogP contribution in [-0.2, 0) is 24.4 Å². The van der Waals surface area contributed by atoms with Crippen molar-refractivity contribution in [2.75, 3.05) is 0 Å². The van der Waals surface area contributed by atoms with Crippen LogP contribution in [0.2, 0.25) is 0 Å². The third-order valence-corrected chi connectivity index (χ3v) is 5.26. The highest BCUT2D eigenvalue weighted by atomic mass is 79.9. The highest BCUT2D eigenvalue weighted by Crippen LogP contribution is 2.23.